The molecule has 1 aromatic carbocycles. The number of carbonyl (C=O) groups excluding carboxylic acids is 1. The van der Waals surface area contributed by atoms with Gasteiger partial charge in [-0.1, -0.05) is 25.5 Å². The standard InChI is InChI=1S/C14H18O3/c1-3-4-5-12(14(16)17-2)10-11-6-8-13(15)9-7-11/h6-10,15H,3-5H2,1-2H3. The molecule has 92 valence electrons. The molecule has 0 heterocycles. The number of rotatable bonds is 5. The van der Waals surface area contributed by atoms with Crippen molar-refractivity contribution < 1.29 is 14.6 Å². The van der Waals surface area contributed by atoms with Crippen LogP contribution >= 0.6 is 0 Å². The van der Waals surface area contributed by atoms with Gasteiger partial charge in [0.15, 0.2) is 0 Å². The average Bonchev–Trinajstić information content (AvgIpc) is 2.36. The molecule has 1 rings (SSSR count). The molecule has 0 unspecified atom stereocenters. The first-order valence-electron chi connectivity index (χ1n) is 5.75. The first-order valence-corrected chi connectivity index (χ1v) is 5.75. The van der Waals surface area contributed by atoms with E-state index < -0.39 is 0 Å². The lowest BCUT2D eigenvalue weighted by atomic mass is 10.1. The summed E-state index contributed by atoms with van der Waals surface area (Å²) in [4.78, 5) is 11.5. The van der Waals surface area contributed by atoms with Gasteiger partial charge in [0, 0.05) is 5.57 Å². The number of phenolic OH excluding ortho intramolecular Hbond substituents is 1. The molecule has 0 amide bonds. The van der Waals surface area contributed by atoms with Crippen LogP contribution in [0.5, 0.6) is 5.75 Å². The number of unbranched alkanes of at least 4 members (excludes halogenated alkanes) is 1. The number of benzene rings is 1. The van der Waals surface area contributed by atoms with Gasteiger partial charge in [0.25, 0.3) is 0 Å². The van der Waals surface area contributed by atoms with E-state index in [1.54, 1.807) is 30.3 Å². The Bertz CT molecular complexity index is 390. The highest BCUT2D eigenvalue weighted by atomic mass is 16.5. The molecule has 0 radical (unpaired) electrons. The van der Waals surface area contributed by atoms with Gasteiger partial charge in [-0.2, -0.15) is 0 Å². The SMILES string of the molecule is CCCCC(=Cc1ccc(O)cc1)C(=O)OC. The Labute approximate surface area is 102 Å². The molecule has 0 spiro atoms. The number of ether oxygens (including phenoxy) is 1. The molecule has 17 heavy (non-hydrogen) atoms. The lowest BCUT2D eigenvalue weighted by Gasteiger charge is -2.05. The van der Waals surface area contributed by atoms with Crippen LogP contribution in [0.1, 0.15) is 31.7 Å². The molecule has 0 saturated carbocycles. The number of phenols is 1. The summed E-state index contributed by atoms with van der Waals surface area (Å²) in [5, 5.41) is 9.18. The Morgan fingerprint density at radius 1 is 1.35 bits per heavy atom. The zero-order valence-electron chi connectivity index (χ0n) is 10.3. The van der Waals surface area contributed by atoms with Crippen LogP contribution in [0, 0.1) is 0 Å². The van der Waals surface area contributed by atoms with Crippen molar-refractivity contribution in [1.82, 2.24) is 0 Å². The molecule has 0 fully saturated rings. The maximum absolute atomic E-state index is 11.5. The van der Waals surface area contributed by atoms with Crippen LogP contribution in [-0.4, -0.2) is 18.2 Å². The van der Waals surface area contributed by atoms with Crippen LogP contribution in [0.2, 0.25) is 0 Å². The first kappa shape index (κ1) is 13.3. The Balaban J connectivity index is 2.87. The van der Waals surface area contributed by atoms with Crippen LogP contribution < -0.4 is 0 Å². The van der Waals surface area contributed by atoms with E-state index in [0.29, 0.717) is 12.0 Å². The maximum atomic E-state index is 11.5. The molecule has 1 N–H and O–H groups in total. The highest BCUT2D eigenvalue weighted by Gasteiger charge is 2.08. The Kier molecular flexibility index (Phi) is 5.27. The summed E-state index contributed by atoms with van der Waals surface area (Å²) in [5.74, 6) is -0.0677. The lowest BCUT2D eigenvalue weighted by Crippen LogP contribution is -2.04. The van der Waals surface area contributed by atoms with Gasteiger partial charge >= 0.3 is 5.97 Å². The van der Waals surface area contributed by atoms with Crippen molar-refractivity contribution in [1.29, 1.82) is 0 Å². The van der Waals surface area contributed by atoms with Gasteiger partial charge in [-0.3, -0.25) is 0 Å². The number of hydrogen-bond donors (Lipinski definition) is 1. The number of carbonyl (C=O) groups is 1. The quantitative estimate of drug-likeness (QED) is 0.629. The van der Waals surface area contributed by atoms with Crippen LogP contribution in [0.4, 0.5) is 0 Å². The minimum atomic E-state index is -0.286. The fraction of sp³-hybridized carbons (Fsp3) is 0.357. The number of aromatic hydroxyl groups is 1. The Morgan fingerprint density at radius 3 is 2.53 bits per heavy atom. The highest BCUT2D eigenvalue weighted by Crippen LogP contribution is 2.16. The van der Waals surface area contributed by atoms with Gasteiger partial charge in [-0.05, 0) is 36.6 Å². The largest absolute Gasteiger partial charge is 0.508 e. The molecular weight excluding hydrogens is 216 g/mol. The third-order valence-corrected chi connectivity index (χ3v) is 2.48. The van der Waals surface area contributed by atoms with Crippen LogP contribution in [0.15, 0.2) is 29.8 Å². The van der Waals surface area contributed by atoms with Crippen molar-refractivity contribution in [2.24, 2.45) is 0 Å². The normalized spacial score (nSPS) is 11.3. The topological polar surface area (TPSA) is 46.5 Å². The third kappa shape index (κ3) is 4.31. The zero-order valence-corrected chi connectivity index (χ0v) is 10.3. The van der Waals surface area contributed by atoms with E-state index in [9.17, 15) is 9.90 Å². The molecule has 0 aliphatic heterocycles. The molecule has 0 aromatic heterocycles. The summed E-state index contributed by atoms with van der Waals surface area (Å²) < 4.78 is 4.75. The summed E-state index contributed by atoms with van der Waals surface area (Å²) in [6.45, 7) is 2.08. The molecule has 0 atom stereocenters. The van der Waals surface area contributed by atoms with Crippen molar-refractivity contribution in [2.45, 2.75) is 26.2 Å². The van der Waals surface area contributed by atoms with Gasteiger partial charge in [-0.25, -0.2) is 4.79 Å². The average molecular weight is 234 g/mol. The van der Waals surface area contributed by atoms with Crippen molar-refractivity contribution in [3.8, 4) is 5.75 Å². The zero-order chi connectivity index (χ0) is 12.7. The second-order valence-electron chi connectivity index (χ2n) is 3.86. The molecule has 3 nitrogen and oxygen atoms in total. The minimum absolute atomic E-state index is 0.218. The van der Waals surface area contributed by atoms with Gasteiger partial charge in [-0.15, -0.1) is 0 Å². The molecule has 1 aromatic rings. The van der Waals surface area contributed by atoms with Crippen LogP contribution in [0.3, 0.4) is 0 Å². The number of hydrogen-bond acceptors (Lipinski definition) is 3. The summed E-state index contributed by atoms with van der Waals surface area (Å²) in [6, 6.07) is 6.73. The van der Waals surface area contributed by atoms with Crippen LogP contribution in [0.25, 0.3) is 6.08 Å². The fourth-order valence-corrected chi connectivity index (χ4v) is 1.50. The summed E-state index contributed by atoms with van der Waals surface area (Å²) >= 11 is 0. The van der Waals surface area contributed by atoms with E-state index in [-0.39, 0.29) is 11.7 Å². The number of methoxy groups -OCH3 is 1. The van der Waals surface area contributed by atoms with Gasteiger partial charge in [0.05, 0.1) is 7.11 Å². The van der Waals surface area contributed by atoms with Gasteiger partial charge in [0.2, 0.25) is 0 Å². The summed E-state index contributed by atoms with van der Waals surface area (Å²) in [5.41, 5.74) is 1.55. The van der Waals surface area contributed by atoms with E-state index >= 15 is 0 Å². The second-order valence-corrected chi connectivity index (χ2v) is 3.86. The van der Waals surface area contributed by atoms with E-state index in [4.69, 9.17) is 4.74 Å². The summed E-state index contributed by atoms with van der Waals surface area (Å²) in [6.07, 6.45) is 4.51. The molecule has 0 bridgehead atoms. The second kappa shape index (κ2) is 6.74. The van der Waals surface area contributed by atoms with Crippen molar-refractivity contribution in [2.75, 3.05) is 7.11 Å². The third-order valence-electron chi connectivity index (χ3n) is 2.48. The molecule has 0 aliphatic rings. The molecule has 0 aliphatic carbocycles. The predicted molar refractivity (Wildman–Crippen MR) is 67.6 cm³/mol. The van der Waals surface area contributed by atoms with Crippen molar-refractivity contribution >= 4 is 12.0 Å². The predicted octanol–water partition coefficient (Wildman–Crippen LogP) is 3.14. The van der Waals surface area contributed by atoms with E-state index in [1.165, 1.54) is 7.11 Å². The van der Waals surface area contributed by atoms with Crippen LogP contribution in [-0.2, 0) is 9.53 Å². The fourth-order valence-electron chi connectivity index (χ4n) is 1.50. The minimum Gasteiger partial charge on any atom is -0.508 e. The van der Waals surface area contributed by atoms with E-state index in [0.717, 1.165) is 18.4 Å². The summed E-state index contributed by atoms with van der Waals surface area (Å²) in [7, 11) is 1.39. The van der Waals surface area contributed by atoms with E-state index in [2.05, 4.69) is 6.92 Å². The smallest absolute Gasteiger partial charge is 0.333 e. The monoisotopic (exact) mass is 234 g/mol. The van der Waals surface area contributed by atoms with Crippen molar-refractivity contribution in [3.05, 3.63) is 35.4 Å². The van der Waals surface area contributed by atoms with E-state index in [1.807, 2.05) is 0 Å². The molecule has 0 saturated heterocycles. The molecule has 3 heteroatoms. The Morgan fingerprint density at radius 2 is 2.00 bits per heavy atom. The van der Waals surface area contributed by atoms with Crippen molar-refractivity contribution in [3.63, 3.8) is 0 Å². The maximum Gasteiger partial charge on any atom is 0.333 e. The molecular formula is C14H18O3. The first-order chi connectivity index (χ1) is 8.17. The highest BCUT2D eigenvalue weighted by molar-refractivity contribution is 5.93. The van der Waals surface area contributed by atoms with Gasteiger partial charge in [0.1, 0.15) is 5.75 Å². The Hall–Kier alpha value is -1.77. The van der Waals surface area contributed by atoms with Gasteiger partial charge < -0.3 is 9.84 Å². The lowest BCUT2D eigenvalue weighted by molar-refractivity contribution is -0.136. The number of esters is 1.